The van der Waals surface area contributed by atoms with Crippen molar-refractivity contribution in [3.63, 3.8) is 0 Å². The minimum absolute atomic E-state index is 0.169. The van der Waals surface area contributed by atoms with E-state index in [0.717, 1.165) is 13.1 Å². The Morgan fingerprint density at radius 3 is 2.18 bits per heavy atom. The van der Waals surface area contributed by atoms with E-state index in [1.807, 2.05) is 7.05 Å². The first-order valence-electron chi connectivity index (χ1n) is 6.53. The van der Waals surface area contributed by atoms with Crippen LogP contribution >= 0.6 is 0 Å². The second-order valence-electron chi connectivity index (χ2n) is 6.11. The Morgan fingerprint density at radius 1 is 1.29 bits per heavy atom. The Balaban J connectivity index is 2.51. The SMILES string of the molecule is CNC(C)(CO)CN(C)CC1(N(C)C)CCC1. The van der Waals surface area contributed by atoms with Gasteiger partial charge >= 0.3 is 0 Å². The molecule has 0 bridgehead atoms. The van der Waals surface area contributed by atoms with Gasteiger partial charge in [0.1, 0.15) is 0 Å². The minimum atomic E-state index is -0.202. The van der Waals surface area contributed by atoms with Gasteiger partial charge in [0.05, 0.1) is 12.1 Å². The summed E-state index contributed by atoms with van der Waals surface area (Å²) in [5.74, 6) is 0. The van der Waals surface area contributed by atoms with Gasteiger partial charge in [-0.2, -0.15) is 0 Å². The zero-order valence-corrected chi connectivity index (χ0v) is 12.1. The Bertz CT molecular complexity index is 235. The molecular weight excluding hydrogens is 214 g/mol. The minimum Gasteiger partial charge on any atom is -0.394 e. The zero-order chi connectivity index (χ0) is 13.1. The first-order valence-corrected chi connectivity index (χ1v) is 6.53. The number of hydrogen-bond donors (Lipinski definition) is 2. The van der Waals surface area contributed by atoms with E-state index in [0.29, 0.717) is 5.54 Å². The fourth-order valence-electron chi connectivity index (χ4n) is 2.69. The molecule has 4 heteroatoms. The van der Waals surface area contributed by atoms with Gasteiger partial charge in [-0.25, -0.2) is 0 Å². The highest BCUT2D eigenvalue weighted by molar-refractivity contribution is 4.99. The maximum atomic E-state index is 9.41. The van der Waals surface area contributed by atoms with Crippen molar-refractivity contribution in [2.24, 2.45) is 0 Å². The van der Waals surface area contributed by atoms with Crippen molar-refractivity contribution in [2.75, 3.05) is 47.9 Å². The molecule has 0 aliphatic heterocycles. The van der Waals surface area contributed by atoms with Crippen LogP contribution < -0.4 is 5.32 Å². The second kappa shape index (κ2) is 5.65. The summed E-state index contributed by atoms with van der Waals surface area (Å²) in [4.78, 5) is 4.70. The van der Waals surface area contributed by atoms with E-state index in [-0.39, 0.29) is 12.1 Å². The maximum absolute atomic E-state index is 9.41. The number of rotatable bonds is 7. The third kappa shape index (κ3) is 3.41. The molecule has 0 saturated heterocycles. The molecule has 2 N–H and O–H groups in total. The Kier molecular flexibility index (Phi) is 4.95. The summed E-state index contributed by atoms with van der Waals surface area (Å²) in [6.07, 6.45) is 3.93. The van der Waals surface area contributed by atoms with Gasteiger partial charge in [-0.1, -0.05) is 0 Å². The molecule has 0 spiro atoms. The second-order valence-corrected chi connectivity index (χ2v) is 6.11. The van der Waals surface area contributed by atoms with Crippen LogP contribution in [0.1, 0.15) is 26.2 Å². The summed E-state index contributed by atoms with van der Waals surface area (Å²) in [5.41, 5.74) is 0.158. The average molecular weight is 243 g/mol. The van der Waals surface area contributed by atoms with Gasteiger partial charge in [0.25, 0.3) is 0 Å². The van der Waals surface area contributed by atoms with E-state index in [2.05, 4.69) is 43.2 Å². The van der Waals surface area contributed by atoms with Crippen LogP contribution in [0.2, 0.25) is 0 Å². The van der Waals surface area contributed by atoms with Gasteiger partial charge in [-0.3, -0.25) is 0 Å². The number of likely N-dealkylation sites (N-methyl/N-ethyl adjacent to an activating group) is 3. The van der Waals surface area contributed by atoms with Crippen LogP contribution in [0.25, 0.3) is 0 Å². The third-order valence-corrected chi connectivity index (χ3v) is 4.37. The normalized spacial score (nSPS) is 22.6. The summed E-state index contributed by atoms with van der Waals surface area (Å²) in [6, 6.07) is 0. The molecule has 0 aromatic carbocycles. The molecule has 0 heterocycles. The van der Waals surface area contributed by atoms with Crippen molar-refractivity contribution in [1.82, 2.24) is 15.1 Å². The molecule has 17 heavy (non-hydrogen) atoms. The Labute approximate surface area is 106 Å². The molecule has 0 radical (unpaired) electrons. The van der Waals surface area contributed by atoms with E-state index in [1.54, 1.807) is 0 Å². The molecule has 1 rings (SSSR count). The summed E-state index contributed by atoms with van der Waals surface area (Å²) < 4.78 is 0. The van der Waals surface area contributed by atoms with Crippen LogP contribution in [0.3, 0.4) is 0 Å². The van der Waals surface area contributed by atoms with Crippen molar-refractivity contribution >= 4 is 0 Å². The fourth-order valence-corrected chi connectivity index (χ4v) is 2.69. The summed E-state index contributed by atoms with van der Waals surface area (Å²) in [5, 5.41) is 12.6. The lowest BCUT2D eigenvalue weighted by Crippen LogP contribution is -2.60. The number of aliphatic hydroxyl groups is 1. The van der Waals surface area contributed by atoms with Crippen LogP contribution in [0.4, 0.5) is 0 Å². The lowest BCUT2D eigenvalue weighted by Gasteiger charge is -2.50. The highest BCUT2D eigenvalue weighted by atomic mass is 16.3. The summed E-state index contributed by atoms with van der Waals surface area (Å²) >= 11 is 0. The molecule has 1 aliphatic carbocycles. The highest BCUT2D eigenvalue weighted by Gasteiger charge is 2.40. The van der Waals surface area contributed by atoms with Crippen LogP contribution in [-0.2, 0) is 0 Å². The monoisotopic (exact) mass is 243 g/mol. The van der Waals surface area contributed by atoms with Crippen molar-refractivity contribution < 1.29 is 5.11 Å². The maximum Gasteiger partial charge on any atom is 0.0623 e. The number of nitrogens with zero attached hydrogens (tertiary/aromatic N) is 2. The predicted octanol–water partition coefficient (Wildman–Crippen LogP) is 0.373. The summed E-state index contributed by atoms with van der Waals surface area (Å²) in [7, 11) is 8.41. The number of nitrogens with one attached hydrogen (secondary N) is 1. The Hall–Kier alpha value is -0.160. The topological polar surface area (TPSA) is 38.7 Å². The van der Waals surface area contributed by atoms with Gasteiger partial charge in [0, 0.05) is 18.6 Å². The van der Waals surface area contributed by atoms with Gasteiger partial charge in [0.15, 0.2) is 0 Å². The van der Waals surface area contributed by atoms with Crippen LogP contribution in [0.15, 0.2) is 0 Å². The molecular formula is C13H29N3O. The molecule has 0 aromatic rings. The van der Waals surface area contributed by atoms with Gasteiger partial charge in [-0.05, 0) is 54.4 Å². The van der Waals surface area contributed by atoms with E-state index in [9.17, 15) is 5.11 Å². The summed E-state index contributed by atoms with van der Waals surface area (Å²) in [6.45, 7) is 4.18. The van der Waals surface area contributed by atoms with Crippen molar-refractivity contribution in [1.29, 1.82) is 0 Å². The molecule has 1 unspecified atom stereocenters. The Morgan fingerprint density at radius 2 is 1.88 bits per heavy atom. The van der Waals surface area contributed by atoms with Crippen LogP contribution in [0.5, 0.6) is 0 Å². The van der Waals surface area contributed by atoms with Gasteiger partial charge in [-0.15, -0.1) is 0 Å². The fraction of sp³-hybridized carbons (Fsp3) is 1.00. The van der Waals surface area contributed by atoms with E-state index < -0.39 is 0 Å². The molecule has 0 amide bonds. The molecule has 1 fully saturated rings. The number of aliphatic hydroxyl groups excluding tert-OH is 1. The van der Waals surface area contributed by atoms with E-state index in [4.69, 9.17) is 0 Å². The smallest absolute Gasteiger partial charge is 0.0623 e. The molecule has 4 nitrogen and oxygen atoms in total. The third-order valence-electron chi connectivity index (χ3n) is 4.37. The van der Waals surface area contributed by atoms with Crippen molar-refractivity contribution in [3.8, 4) is 0 Å². The molecule has 1 atom stereocenters. The largest absolute Gasteiger partial charge is 0.394 e. The van der Waals surface area contributed by atoms with Gasteiger partial charge < -0.3 is 20.2 Å². The molecule has 0 aromatic heterocycles. The standard InChI is InChI=1S/C13H29N3O/c1-12(11-17,14-2)9-16(5)10-13(15(3)4)7-6-8-13/h14,17H,6-11H2,1-5H3. The predicted molar refractivity (Wildman–Crippen MR) is 72.3 cm³/mol. The molecule has 1 aliphatic rings. The van der Waals surface area contributed by atoms with E-state index in [1.165, 1.54) is 19.3 Å². The quantitative estimate of drug-likeness (QED) is 0.678. The zero-order valence-electron chi connectivity index (χ0n) is 12.1. The first-order chi connectivity index (χ1) is 7.87. The van der Waals surface area contributed by atoms with Gasteiger partial charge in [0.2, 0.25) is 0 Å². The van der Waals surface area contributed by atoms with Crippen molar-refractivity contribution in [3.05, 3.63) is 0 Å². The lowest BCUT2D eigenvalue weighted by molar-refractivity contribution is 0.0173. The average Bonchev–Trinajstić information content (AvgIpc) is 2.22. The lowest BCUT2D eigenvalue weighted by atomic mass is 9.75. The highest BCUT2D eigenvalue weighted by Crippen LogP contribution is 2.36. The van der Waals surface area contributed by atoms with Crippen LogP contribution in [0, 0.1) is 0 Å². The molecule has 1 saturated carbocycles. The molecule has 102 valence electrons. The van der Waals surface area contributed by atoms with Crippen molar-refractivity contribution in [2.45, 2.75) is 37.3 Å². The van der Waals surface area contributed by atoms with E-state index >= 15 is 0 Å². The van der Waals surface area contributed by atoms with Crippen LogP contribution in [-0.4, -0.2) is 73.9 Å². The number of hydrogen-bond acceptors (Lipinski definition) is 4. The first kappa shape index (κ1) is 14.9.